The number of carboxylic acids is 1. The second-order valence-corrected chi connectivity index (χ2v) is 8.08. The van der Waals surface area contributed by atoms with Crippen molar-refractivity contribution in [2.24, 2.45) is 0 Å². The molecule has 2 aromatic carbocycles. The Balaban J connectivity index is 1.14. The number of likely N-dealkylation sites (tertiary alicyclic amines) is 1. The molecule has 0 aromatic heterocycles. The third kappa shape index (κ3) is 5.15. The first-order valence-corrected chi connectivity index (χ1v) is 10.4. The quantitative estimate of drug-likeness (QED) is 0.688. The molecule has 2 fully saturated rings. The molecule has 2 atom stereocenters. The zero-order valence-corrected chi connectivity index (χ0v) is 16.7. The third-order valence-electron chi connectivity index (χ3n) is 5.98. The molecule has 1 saturated heterocycles. The Labute approximate surface area is 174 Å². The zero-order valence-electron chi connectivity index (χ0n) is 16.7. The average Bonchev–Trinajstić information content (AvgIpc) is 3.51. The van der Waals surface area contributed by atoms with Gasteiger partial charge in [-0.05, 0) is 74.3 Å². The highest BCUT2D eigenvalue weighted by atomic mass is 19.2. The van der Waals surface area contributed by atoms with Gasteiger partial charge >= 0.3 is 5.97 Å². The summed E-state index contributed by atoms with van der Waals surface area (Å²) in [6.07, 6.45) is 3.07. The van der Waals surface area contributed by atoms with Crippen molar-refractivity contribution < 1.29 is 23.4 Å². The summed E-state index contributed by atoms with van der Waals surface area (Å²) in [6, 6.07) is 11.5. The monoisotopic (exact) mass is 416 g/mol. The number of rotatable bonds is 8. The number of hydrogen-bond acceptors (Lipinski definition) is 4. The highest BCUT2D eigenvalue weighted by molar-refractivity contribution is 5.87. The molecule has 1 aliphatic heterocycles. The maximum absolute atomic E-state index is 13.4. The van der Waals surface area contributed by atoms with E-state index in [1.54, 1.807) is 30.3 Å². The Bertz CT molecular complexity index is 883. The molecule has 30 heavy (non-hydrogen) atoms. The van der Waals surface area contributed by atoms with E-state index in [9.17, 15) is 13.6 Å². The second kappa shape index (κ2) is 9.10. The topological polar surface area (TPSA) is 61.8 Å². The van der Waals surface area contributed by atoms with Crippen molar-refractivity contribution in [3.8, 4) is 5.75 Å². The summed E-state index contributed by atoms with van der Waals surface area (Å²) in [5.41, 5.74) is 1.12. The minimum atomic E-state index is -0.944. The highest BCUT2D eigenvalue weighted by Gasteiger charge is 2.40. The van der Waals surface area contributed by atoms with Gasteiger partial charge in [-0.3, -0.25) is 4.90 Å². The second-order valence-electron chi connectivity index (χ2n) is 8.08. The van der Waals surface area contributed by atoms with Crippen LogP contribution in [0.3, 0.4) is 0 Å². The van der Waals surface area contributed by atoms with Gasteiger partial charge in [0.25, 0.3) is 0 Å². The Morgan fingerprint density at radius 2 is 1.83 bits per heavy atom. The molecule has 2 N–H and O–H groups in total. The number of benzene rings is 2. The molecule has 0 amide bonds. The van der Waals surface area contributed by atoms with Gasteiger partial charge in [0.1, 0.15) is 12.4 Å². The van der Waals surface area contributed by atoms with E-state index in [0.29, 0.717) is 24.4 Å². The first kappa shape index (κ1) is 20.8. The van der Waals surface area contributed by atoms with Crippen LogP contribution in [0.1, 0.15) is 41.1 Å². The van der Waals surface area contributed by atoms with Crippen LogP contribution < -0.4 is 10.1 Å². The van der Waals surface area contributed by atoms with Crippen LogP contribution in [0.25, 0.3) is 0 Å². The largest absolute Gasteiger partial charge is 0.492 e. The molecule has 1 heterocycles. The average molecular weight is 416 g/mol. The van der Waals surface area contributed by atoms with Crippen molar-refractivity contribution in [2.45, 2.75) is 37.3 Å². The number of nitrogens with one attached hydrogen (secondary N) is 1. The van der Waals surface area contributed by atoms with Crippen LogP contribution in [0.2, 0.25) is 0 Å². The fourth-order valence-corrected chi connectivity index (χ4v) is 4.10. The fourth-order valence-electron chi connectivity index (χ4n) is 4.10. The van der Waals surface area contributed by atoms with Crippen LogP contribution in [0.4, 0.5) is 8.78 Å². The summed E-state index contributed by atoms with van der Waals surface area (Å²) < 4.78 is 32.2. The van der Waals surface area contributed by atoms with Crippen LogP contribution in [0.5, 0.6) is 5.75 Å². The summed E-state index contributed by atoms with van der Waals surface area (Å²) in [7, 11) is 0. The van der Waals surface area contributed by atoms with Gasteiger partial charge in [-0.2, -0.15) is 0 Å². The molecule has 2 aromatic rings. The Morgan fingerprint density at radius 1 is 1.10 bits per heavy atom. The number of piperidine rings is 1. The lowest BCUT2D eigenvalue weighted by atomic mass is 10.0. The zero-order chi connectivity index (χ0) is 21.1. The van der Waals surface area contributed by atoms with Crippen molar-refractivity contribution in [3.05, 3.63) is 65.2 Å². The first-order valence-electron chi connectivity index (χ1n) is 10.4. The van der Waals surface area contributed by atoms with E-state index in [-0.39, 0.29) is 11.5 Å². The Hall–Kier alpha value is -2.51. The lowest BCUT2D eigenvalue weighted by Gasteiger charge is -2.32. The van der Waals surface area contributed by atoms with E-state index in [1.807, 2.05) is 0 Å². The summed E-state index contributed by atoms with van der Waals surface area (Å²) in [5, 5.41) is 12.6. The van der Waals surface area contributed by atoms with E-state index in [0.717, 1.165) is 44.5 Å². The van der Waals surface area contributed by atoms with Gasteiger partial charge in [0.15, 0.2) is 11.6 Å². The number of nitrogens with zero attached hydrogens (tertiary/aromatic N) is 1. The van der Waals surface area contributed by atoms with Crippen LogP contribution in [0.15, 0.2) is 42.5 Å². The number of carboxylic acid groups (broad SMARTS) is 1. The van der Waals surface area contributed by atoms with Gasteiger partial charge in [-0.15, -0.1) is 0 Å². The van der Waals surface area contributed by atoms with E-state index in [1.165, 1.54) is 12.1 Å². The van der Waals surface area contributed by atoms with Crippen LogP contribution in [-0.4, -0.2) is 54.3 Å². The lowest BCUT2D eigenvalue weighted by molar-refractivity contribution is 0.0697. The van der Waals surface area contributed by atoms with Gasteiger partial charge in [-0.1, -0.05) is 6.07 Å². The molecule has 0 spiro atoms. The summed E-state index contributed by atoms with van der Waals surface area (Å²) in [4.78, 5) is 13.2. The van der Waals surface area contributed by atoms with Crippen LogP contribution in [0, 0.1) is 11.6 Å². The Morgan fingerprint density at radius 3 is 2.50 bits per heavy atom. The van der Waals surface area contributed by atoms with Crippen LogP contribution >= 0.6 is 0 Å². The molecule has 160 valence electrons. The molecule has 2 aliphatic rings. The summed E-state index contributed by atoms with van der Waals surface area (Å²) in [6.45, 7) is 3.36. The minimum Gasteiger partial charge on any atom is -0.492 e. The minimum absolute atomic E-state index is 0.249. The number of carbonyl (C=O) groups is 1. The highest BCUT2D eigenvalue weighted by Crippen LogP contribution is 2.41. The predicted octanol–water partition coefficient (Wildman–Crippen LogP) is 3.65. The van der Waals surface area contributed by atoms with Gasteiger partial charge in [0.05, 0.1) is 5.56 Å². The van der Waals surface area contributed by atoms with Crippen molar-refractivity contribution in [2.75, 3.05) is 26.2 Å². The molecule has 0 unspecified atom stereocenters. The van der Waals surface area contributed by atoms with Gasteiger partial charge < -0.3 is 15.2 Å². The van der Waals surface area contributed by atoms with Gasteiger partial charge in [0, 0.05) is 24.5 Å². The van der Waals surface area contributed by atoms with E-state index in [2.05, 4.69) is 10.2 Å². The number of aromatic carboxylic acids is 1. The molecule has 7 heteroatoms. The molecule has 0 radical (unpaired) electrons. The van der Waals surface area contributed by atoms with Crippen molar-refractivity contribution >= 4 is 5.97 Å². The molecular formula is C23H26F2N2O3. The van der Waals surface area contributed by atoms with Crippen LogP contribution in [-0.2, 0) is 0 Å². The molecule has 4 rings (SSSR count). The standard InChI is InChI=1S/C23H26F2N2O3/c24-20-6-3-16(13-21(20)25)19-14-22(19)26-17-7-9-27(10-8-17)11-12-30-18-4-1-15(2-5-18)23(28)29/h1-6,13,17,19,22,26H,7-12,14H2,(H,28,29)/t19-,22+/m0/s1. The number of halogens is 2. The van der Waals surface area contributed by atoms with Crippen molar-refractivity contribution in [1.29, 1.82) is 0 Å². The molecule has 5 nitrogen and oxygen atoms in total. The lowest BCUT2D eigenvalue weighted by Crippen LogP contribution is -2.44. The third-order valence-corrected chi connectivity index (χ3v) is 5.98. The van der Waals surface area contributed by atoms with E-state index < -0.39 is 17.6 Å². The normalized spacial score (nSPS) is 22.1. The van der Waals surface area contributed by atoms with Gasteiger partial charge in [-0.25, -0.2) is 13.6 Å². The maximum atomic E-state index is 13.4. The SMILES string of the molecule is O=C(O)c1ccc(OCCN2CCC(N[C@@H]3C[C@H]3c3ccc(F)c(F)c3)CC2)cc1. The summed E-state index contributed by atoms with van der Waals surface area (Å²) >= 11 is 0. The molecule has 0 bridgehead atoms. The summed E-state index contributed by atoms with van der Waals surface area (Å²) in [5.74, 6) is -1.56. The fraction of sp³-hybridized carbons (Fsp3) is 0.435. The molecule has 1 saturated carbocycles. The first-order chi connectivity index (χ1) is 14.5. The maximum Gasteiger partial charge on any atom is 0.335 e. The van der Waals surface area contributed by atoms with E-state index >= 15 is 0 Å². The smallest absolute Gasteiger partial charge is 0.335 e. The Kier molecular flexibility index (Phi) is 6.29. The van der Waals surface area contributed by atoms with Gasteiger partial charge in [0.2, 0.25) is 0 Å². The predicted molar refractivity (Wildman–Crippen MR) is 109 cm³/mol. The van der Waals surface area contributed by atoms with E-state index in [4.69, 9.17) is 9.84 Å². The number of ether oxygens (including phenoxy) is 1. The molecular weight excluding hydrogens is 390 g/mol. The number of hydrogen-bond donors (Lipinski definition) is 2. The van der Waals surface area contributed by atoms with Crippen molar-refractivity contribution in [1.82, 2.24) is 10.2 Å². The molecule has 1 aliphatic carbocycles. The van der Waals surface area contributed by atoms with Crippen molar-refractivity contribution in [3.63, 3.8) is 0 Å².